The van der Waals surface area contributed by atoms with E-state index < -0.39 is 0 Å². The molecule has 1 aliphatic heterocycles. The van der Waals surface area contributed by atoms with Crippen LogP contribution in [-0.4, -0.2) is 41.0 Å². The van der Waals surface area contributed by atoms with Crippen LogP contribution in [0.25, 0.3) is 0 Å². The fourth-order valence-electron chi connectivity index (χ4n) is 1.82. The zero-order valence-electron chi connectivity index (χ0n) is 9.00. The van der Waals surface area contributed by atoms with E-state index in [-0.39, 0.29) is 0 Å². The molecule has 5 heteroatoms. The highest BCUT2D eigenvalue weighted by molar-refractivity contribution is 6.30. The molecule has 0 radical (unpaired) electrons. The summed E-state index contributed by atoms with van der Waals surface area (Å²) in [5.41, 5.74) is 0.925. The molecule has 1 aliphatic rings. The van der Waals surface area contributed by atoms with Gasteiger partial charge in [-0.1, -0.05) is 11.6 Å². The van der Waals surface area contributed by atoms with Crippen LogP contribution in [0, 0.1) is 6.92 Å². The van der Waals surface area contributed by atoms with Crippen LogP contribution < -0.4 is 5.32 Å². The van der Waals surface area contributed by atoms with E-state index in [1.54, 1.807) is 0 Å². The van der Waals surface area contributed by atoms with E-state index in [2.05, 4.69) is 27.2 Å². The molecule has 0 aromatic carbocycles. The van der Waals surface area contributed by atoms with Crippen LogP contribution >= 0.6 is 11.6 Å². The number of halogens is 1. The van der Waals surface area contributed by atoms with E-state index in [9.17, 15) is 0 Å². The van der Waals surface area contributed by atoms with Gasteiger partial charge in [0.1, 0.15) is 17.3 Å². The first-order valence-electron chi connectivity index (χ1n) is 5.09. The van der Waals surface area contributed by atoms with Crippen LogP contribution in [0.2, 0.25) is 5.15 Å². The second-order valence-electron chi connectivity index (χ2n) is 4.03. The number of nitrogens with one attached hydrogen (secondary N) is 1. The molecule has 82 valence electrons. The van der Waals surface area contributed by atoms with Crippen molar-refractivity contribution >= 4 is 17.4 Å². The minimum absolute atomic E-state index is 0.472. The molecule has 1 saturated heterocycles. The Balaban J connectivity index is 2.07. The van der Waals surface area contributed by atoms with Gasteiger partial charge in [0.15, 0.2) is 0 Å². The van der Waals surface area contributed by atoms with Gasteiger partial charge in [-0.3, -0.25) is 0 Å². The summed E-state index contributed by atoms with van der Waals surface area (Å²) in [5.74, 6) is 0.857. The Morgan fingerprint density at radius 3 is 3.00 bits per heavy atom. The smallest absolute Gasteiger partial charge is 0.137 e. The van der Waals surface area contributed by atoms with Crippen molar-refractivity contribution in [3.63, 3.8) is 0 Å². The Bertz CT molecular complexity index is 355. The molecule has 0 saturated carbocycles. The first-order valence-corrected chi connectivity index (χ1v) is 5.47. The average Bonchev–Trinajstić information content (AvgIpc) is 2.59. The molecule has 15 heavy (non-hydrogen) atoms. The molecule has 1 atom stereocenters. The molecule has 2 heterocycles. The first kappa shape index (κ1) is 10.6. The summed E-state index contributed by atoms with van der Waals surface area (Å²) in [5, 5.41) is 3.93. The zero-order chi connectivity index (χ0) is 10.8. The lowest BCUT2D eigenvalue weighted by molar-refractivity contribution is 0.414. The summed E-state index contributed by atoms with van der Waals surface area (Å²) in [6.45, 7) is 4.12. The molecule has 1 aromatic heterocycles. The molecule has 0 amide bonds. The third kappa shape index (κ3) is 2.38. The molecular formula is C10H15ClN4. The van der Waals surface area contributed by atoms with Crippen LogP contribution in [0.15, 0.2) is 6.33 Å². The lowest BCUT2D eigenvalue weighted by Gasteiger charge is -2.15. The Morgan fingerprint density at radius 1 is 1.53 bits per heavy atom. The van der Waals surface area contributed by atoms with Crippen molar-refractivity contribution in [3.8, 4) is 0 Å². The first-order chi connectivity index (χ1) is 7.16. The zero-order valence-corrected chi connectivity index (χ0v) is 9.75. The topological polar surface area (TPSA) is 41.1 Å². The lowest BCUT2D eigenvalue weighted by Crippen LogP contribution is -2.24. The van der Waals surface area contributed by atoms with Gasteiger partial charge in [0.05, 0.1) is 0 Å². The summed E-state index contributed by atoms with van der Waals surface area (Å²) < 4.78 is 0. The standard InChI is InChI=1S/C10H15ClN4/c1-7-9(11)12-6-13-10(7)14-8-3-4-15(2)5-8/h6,8H,3-5H2,1-2H3,(H,12,13,14). The van der Waals surface area contributed by atoms with Gasteiger partial charge in [-0.05, 0) is 26.9 Å². The molecular weight excluding hydrogens is 212 g/mol. The predicted octanol–water partition coefficient (Wildman–Crippen LogP) is 1.55. The maximum Gasteiger partial charge on any atom is 0.137 e. The van der Waals surface area contributed by atoms with E-state index in [0.717, 1.165) is 30.9 Å². The van der Waals surface area contributed by atoms with Crippen LogP contribution in [-0.2, 0) is 0 Å². The summed E-state index contributed by atoms with van der Waals surface area (Å²) in [7, 11) is 2.13. The molecule has 0 bridgehead atoms. The van der Waals surface area contributed by atoms with Gasteiger partial charge in [0, 0.05) is 18.2 Å². The molecule has 2 rings (SSSR count). The van der Waals surface area contributed by atoms with Gasteiger partial charge in [-0.25, -0.2) is 9.97 Å². The Labute approximate surface area is 94.7 Å². The highest BCUT2D eigenvalue weighted by Gasteiger charge is 2.20. The quantitative estimate of drug-likeness (QED) is 0.777. The number of likely N-dealkylation sites (N-methyl/N-ethyl adjacent to an activating group) is 1. The van der Waals surface area contributed by atoms with E-state index in [1.165, 1.54) is 6.33 Å². The maximum absolute atomic E-state index is 5.93. The molecule has 0 aliphatic carbocycles. The number of aromatic nitrogens is 2. The number of hydrogen-bond donors (Lipinski definition) is 1. The summed E-state index contributed by atoms with van der Waals surface area (Å²) in [6, 6.07) is 0.472. The summed E-state index contributed by atoms with van der Waals surface area (Å²) in [6.07, 6.45) is 2.65. The van der Waals surface area contributed by atoms with Crippen molar-refractivity contribution in [1.29, 1.82) is 0 Å². The highest BCUT2D eigenvalue weighted by Crippen LogP contribution is 2.20. The molecule has 1 unspecified atom stereocenters. The number of likely N-dealkylation sites (tertiary alicyclic amines) is 1. The van der Waals surface area contributed by atoms with Crippen LogP contribution in [0.1, 0.15) is 12.0 Å². The van der Waals surface area contributed by atoms with E-state index in [4.69, 9.17) is 11.6 Å². The Hall–Kier alpha value is -0.870. The van der Waals surface area contributed by atoms with Crippen molar-refractivity contribution in [3.05, 3.63) is 17.0 Å². The fourth-order valence-corrected chi connectivity index (χ4v) is 1.95. The van der Waals surface area contributed by atoms with Crippen molar-refractivity contribution in [1.82, 2.24) is 14.9 Å². The van der Waals surface area contributed by atoms with Gasteiger partial charge in [-0.2, -0.15) is 0 Å². The van der Waals surface area contributed by atoms with Gasteiger partial charge in [0.25, 0.3) is 0 Å². The maximum atomic E-state index is 5.93. The normalized spacial score (nSPS) is 21.9. The van der Waals surface area contributed by atoms with Crippen LogP contribution in [0.4, 0.5) is 5.82 Å². The number of rotatable bonds is 2. The van der Waals surface area contributed by atoms with E-state index in [0.29, 0.717) is 11.2 Å². The van der Waals surface area contributed by atoms with Gasteiger partial charge < -0.3 is 10.2 Å². The van der Waals surface area contributed by atoms with Crippen molar-refractivity contribution < 1.29 is 0 Å². The van der Waals surface area contributed by atoms with E-state index in [1.807, 2.05) is 6.92 Å². The molecule has 1 fully saturated rings. The summed E-state index contributed by atoms with van der Waals surface area (Å²) >= 11 is 5.93. The minimum atomic E-state index is 0.472. The SMILES string of the molecule is Cc1c(Cl)ncnc1NC1CCN(C)C1. The van der Waals surface area contributed by atoms with Crippen molar-refractivity contribution in [2.24, 2.45) is 0 Å². The Kier molecular flexibility index (Phi) is 3.07. The highest BCUT2D eigenvalue weighted by atomic mass is 35.5. The van der Waals surface area contributed by atoms with E-state index >= 15 is 0 Å². The van der Waals surface area contributed by atoms with Crippen molar-refractivity contribution in [2.75, 3.05) is 25.5 Å². The summed E-state index contributed by atoms with van der Waals surface area (Å²) in [4.78, 5) is 10.4. The minimum Gasteiger partial charge on any atom is -0.366 e. The van der Waals surface area contributed by atoms with Gasteiger partial charge in [-0.15, -0.1) is 0 Å². The monoisotopic (exact) mass is 226 g/mol. The van der Waals surface area contributed by atoms with Gasteiger partial charge >= 0.3 is 0 Å². The third-order valence-electron chi connectivity index (χ3n) is 2.75. The molecule has 1 aromatic rings. The van der Waals surface area contributed by atoms with Gasteiger partial charge in [0.2, 0.25) is 0 Å². The number of hydrogen-bond acceptors (Lipinski definition) is 4. The third-order valence-corrected chi connectivity index (χ3v) is 3.14. The lowest BCUT2D eigenvalue weighted by atomic mass is 10.2. The molecule has 4 nitrogen and oxygen atoms in total. The van der Waals surface area contributed by atoms with Crippen LogP contribution in [0.5, 0.6) is 0 Å². The fraction of sp³-hybridized carbons (Fsp3) is 0.600. The number of nitrogens with zero attached hydrogens (tertiary/aromatic N) is 3. The predicted molar refractivity (Wildman–Crippen MR) is 61.3 cm³/mol. The van der Waals surface area contributed by atoms with Crippen molar-refractivity contribution in [2.45, 2.75) is 19.4 Å². The van der Waals surface area contributed by atoms with Crippen LogP contribution in [0.3, 0.4) is 0 Å². The molecule has 0 spiro atoms. The largest absolute Gasteiger partial charge is 0.366 e. The number of anilines is 1. The molecule has 1 N–H and O–H groups in total. The average molecular weight is 227 g/mol. The second-order valence-corrected chi connectivity index (χ2v) is 4.39. The Morgan fingerprint density at radius 2 is 2.33 bits per heavy atom. The second kappa shape index (κ2) is 4.33.